The number of hydrogen-bond acceptors (Lipinski definition) is 4. The third kappa shape index (κ3) is 2.70. The molecule has 1 aromatic rings. The van der Waals surface area contributed by atoms with E-state index < -0.39 is 11.9 Å². The summed E-state index contributed by atoms with van der Waals surface area (Å²) in [4.78, 5) is 24.8. The number of aryl methyl sites for hydroxylation is 1. The molecule has 0 fully saturated rings. The second-order valence-corrected chi connectivity index (χ2v) is 2.37. The van der Waals surface area contributed by atoms with Crippen LogP contribution in [-0.2, 0) is 16.6 Å². The smallest absolute Gasteiger partial charge is 0.328 e. The first-order valence-electron chi connectivity index (χ1n) is 3.65. The highest BCUT2D eigenvalue weighted by atomic mass is 16.4. The monoisotopic (exact) mass is 196 g/mol. The third-order valence-electron chi connectivity index (χ3n) is 1.32. The van der Waals surface area contributed by atoms with Crippen molar-refractivity contribution in [2.75, 3.05) is 5.32 Å². The predicted molar refractivity (Wildman–Crippen MR) is 46.4 cm³/mol. The number of anilines is 1. The number of rotatable bonds is 3. The number of carboxylic acid groups (broad SMARTS) is 1. The molecule has 1 heterocycles. The molecule has 74 valence electrons. The number of amides is 1. The van der Waals surface area contributed by atoms with Crippen LogP contribution >= 0.6 is 0 Å². The van der Waals surface area contributed by atoms with E-state index in [2.05, 4.69) is 15.4 Å². The number of carbonyl (C=O) groups is 2. The molecule has 1 aromatic heterocycles. The van der Waals surface area contributed by atoms with E-state index in [-0.39, 0.29) is 5.95 Å². The molecule has 0 aliphatic carbocycles. The Hall–Kier alpha value is -2.18. The Balaban J connectivity index is 2.58. The minimum atomic E-state index is -1.18. The highest BCUT2D eigenvalue weighted by Crippen LogP contribution is 1.97. The van der Waals surface area contributed by atoms with Crippen molar-refractivity contribution in [1.29, 1.82) is 0 Å². The topological polar surface area (TPSA) is 97.1 Å². The Morgan fingerprint density at radius 3 is 2.79 bits per heavy atom. The van der Waals surface area contributed by atoms with Gasteiger partial charge in [-0.1, -0.05) is 0 Å². The summed E-state index contributed by atoms with van der Waals surface area (Å²) in [6.07, 6.45) is 2.92. The lowest BCUT2D eigenvalue weighted by molar-refractivity contribution is -0.131. The van der Waals surface area contributed by atoms with E-state index in [0.717, 1.165) is 12.2 Å². The molecule has 0 unspecified atom stereocenters. The van der Waals surface area contributed by atoms with Gasteiger partial charge in [0.05, 0.1) is 0 Å². The maximum Gasteiger partial charge on any atom is 0.328 e. The standard InChI is InChI=1S/C7H8N4O3/c1-11-7(8-4-9-11)10-5(12)2-3-6(13)14/h2-4H,1H3,(H,13,14)(H,8,9,10,12)/b3-2+. The zero-order valence-electron chi connectivity index (χ0n) is 7.34. The SMILES string of the molecule is Cn1ncnc1NC(=O)/C=C/C(=O)O. The van der Waals surface area contributed by atoms with Crippen LogP contribution in [0, 0.1) is 0 Å². The summed E-state index contributed by atoms with van der Waals surface area (Å²) in [7, 11) is 1.60. The molecule has 0 aliphatic rings. The average molecular weight is 196 g/mol. The normalized spacial score (nSPS) is 10.4. The second-order valence-electron chi connectivity index (χ2n) is 2.37. The number of aliphatic carboxylic acids is 1. The fourth-order valence-corrected chi connectivity index (χ4v) is 0.708. The summed E-state index contributed by atoms with van der Waals surface area (Å²) in [5.41, 5.74) is 0. The minimum absolute atomic E-state index is 0.255. The molecule has 0 aliphatic heterocycles. The van der Waals surface area contributed by atoms with Crippen LogP contribution in [-0.4, -0.2) is 31.7 Å². The van der Waals surface area contributed by atoms with Crippen LogP contribution in [0.15, 0.2) is 18.5 Å². The molecule has 0 saturated carbocycles. The van der Waals surface area contributed by atoms with Crippen molar-refractivity contribution in [1.82, 2.24) is 14.8 Å². The predicted octanol–water partition coefficient (Wildman–Crippen LogP) is -0.606. The van der Waals surface area contributed by atoms with E-state index in [1.165, 1.54) is 11.0 Å². The molecule has 2 N–H and O–H groups in total. The Labute approximate surface area is 79.1 Å². The Bertz CT molecular complexity index is 382. The minimum Gasteiger partial charge on any atom is -0.478 e. The van der Waals surface area contributed by atoms with Crippen LogP contribution in [0.1, 0.15) is 0 Å². The maximum atomic E-state index is 11.0. The van der Waals surface area contributed by atoms with Gasteiger partial charge in [-0.3, -0.25) is 10.1 Å². The molecular weight excluding hydrogens is 188 g/mol. The van der Waals surface area contributed by atoms with E-state index in [0.29, 0.717) is 0 Å². The summed E-state index contributed by atoms with van der Waals surface area (Å²) < 4.78 is 1.35. The Morgan fingerprint density at radius 1 is 1.57 bits per heavy atom. The van der Waals surface area contributed by atoms with Crippen LogP contribution in [0.5, 0.6) is 0 Å². The molecule has 1 amide bonds. The van der Waals surface area contributed by atoms with E-state index in [4.69, 9.17) is 5.11 Å². The van der Waals surface area contributed by atoms with Crippen LogP contribution < -0.4 is 5.32 Å². The number of carbonyl (C=O) groups excluding carboxylic acids is 1. The molecule has 7 nitrogen and oxygen atoms in total. The lowest BCUT2D eigenvalue weighted by Crippen LogP contribution is -2.12. The number of nitrogens with one attached hydrogen (secondary N) is 1. The first-order chi connectivity index (χ1) is 6.59. The molecule has 0 atom stereocenters. The van der Waals surface area contributed by atoms with Crippen LogP contribution in [0.25, 0.3) is 0 Å². The van der Waals surface area contributed by atoms with E-state index in [9.17, 15) is 9.59 Å². The maximum absolute atomic E-state index is 11.0. The van der Waals surface area contributed by atoms with Gasteiger partial charge >= 0.3 is 5.97 Å². The first-order valence-corrected chi connectivity index (χ1v) is 3.65. The zero-order chi connectivity index (χ0) is 10.6. The fraction of sp³-hybridized carbons (Fsp3) is 0.143. The van der Waals surface area contributed by atoms with Gasteiger partial charge in [0.1, 0.15) is 6.33 Å². The summed E-state index contributed by atoms with van der Waals surface area (Å²) in [6.45, 7) is 0. The summed E-state index contributed by atoms with van der Waals surface area (Å²) >= 11 is 0. The van der Waals surface area contributed by atoms with E-state index >= 15 is 0 Å². The van der Waals surface area contributed by atoms with Crippen molar-refractivity contribution >= 4 is 17.8 Å². The fourth-order valence-electron chi connectivity index (χ4n) is 0.708. The van der Waals surface area contributed by atoms with Gasteiger partial charge in [-0.15, -0.1) is 0 Å². The third-order valence-corrected chi connectivity index (χ3v) is 1.32. The van der Waals surface area contributed by atoms with Crippen molar-refractivity contribution in [2.45, 2.75) is 0 Å². The molecular formula is C7H8N4O3. The average Bonchev–Trinajstić information content (AvgIpc) is 2.49. The number of hydrogen-bond donors (Lipinski definition) is 2. The van der Waals surface area contributed by atoms with Gasteiger partial charge in [-0.2, -0.15) is 10.1 Å². The van der Waals surface area contributed by atoms with Gasteiger partial charge in [0, 0.05) is 19.2 Å². The molecule has 0 saturated heterocycles. The van der Waals surface area contributed by atoms with Gasteiger partial charge in [0.2, 0.25) is 5.95 Å². The van der Waals surface area contributed by atoms with Gasteiger partial charge in [-0.25, -0.2) is 9.48 Å². The number of aromatic nitrogens is 3. The summed E-state index contributed by atoms with van der Waals surface area (Å²) in [6, 6.07) is 0. The summed E-state index contributed by atoms with van der Waals surface area (Å²) in [5.74, 6) is -1.49. The van der Waals surface area contributed by atoms with Gasteiger partial charge in [-0.05, 0) is 0 Å². The zero-order valence-corrected chi connectivity index (χ0v) is 7.34. The Kier molecular flexibility index (Phi) is 2.95. The van der Waals surface area contributed by atoms with Crippen LogP contribution in [0.4, 0.5) is 5.95 Å². The van der Waals surface area contributed by atoms with Crippen molar-refractivity contribution in [3.63, 3.8) is 0 Å². The van der Waals surface area contributed by atoms with Crippen molar-refractivity contribution in [3.05, 3.63) is 18.5 Å². The van der Waals surface area contributed by atoms with Crippen LogP contribution in [0.3, 0.4) is 0 Å². The highest BCUT2D eigenvalue weighted by Gasteiger charge is 2.02. The molecule has 1 rings (SSSR count). The van der Waals surface area contributed by atoms with Crippen molar-refractivity contribution in [2.24, 2.45) is 7.05 Å². The molecule has 0 radical (unpaired) electrons. The van der Waals surface area contributed by atoms with Gasteiger partial charge < -0.3 is 5.11 Å². The van der Waals surface area contributed by atoms with Crippen LogP contribution in [0.2, 0.25) is 0 Å². The van der Waals surface area contributed by atoms with Gasteiger partial charge in [0.15, 0.2) is 0 Å². The molecule has 14 heavy (non-hydrogen) atoms. The first kappa shape index (κ1) is 9.90. The summed E-state index contributed by atoms with van der Waals surface area (Å²) in [5, 5.41) is 14.3. The van der Waals surface area contributed by atoms with E-state index in [1.807, 2.05) is 0 Å². The molecule has 0 aromatic carbocycles. The van der Waals surface area contributed by atoms with Crippen molar-refractivity contribution < 1.29 is 14.7 Å². The van der Waals surface area contributed by atoms with Crippen molar-refractivity contribution in [3.8, 4) is 0 Å². The molecule has 0 bridgehead atoms. The number of carboxylic acids is 1. The largest absolute Gasteiger partial charge is 0.478 e. The highest BCUT2D eigenvalue weighted by molar-refractivity contribution is 6.01. The molecule has 7 heteroatoms. The Morgan fingerprint density at radius 2 is 2.29 bits per heavy atom. The van der Waals surface area contributed by atoms with E-state index in [1.54, 1.807) is 7.05 Å². The van der Waals surface area contributed by atoms with Gasteiger partial charge in [0.25, 0.3) is 5.91 Å². The second kappa shape index (κ2) is 4.17. The lowest BCUT2D eigenvalue weighted by Gasteiger charge is -1.98. The number of nitrogens with zero attached hydrogens (tertiary/aromatic N) is 3. The molecule has 0 spiro atoms. The quantitative estimate of drug-likeness (QED) is 0.629. The lowest BCUT2D eigenvalue weighted by atomic mass is 10.5.